The second kappa shape index (κ2) is 8.84. The molecule has 1 fully saturated rings. The van der Waals surface area contributed by atoms with Crippen molar-refractivity contribution in [2.24, 2.45) is 0 Å². The third-order valence-electron chi connectivity index (χ3n) is 5.37. The molecule has 33 heavy (non-hydrogen) atoms. The van der Waals surface area contributed by atoms with Crippen molar-refractivity contribution in [2.75, 3.05) is 26.2 Å². The van der Waals surface area contributed by atoms with E-state index in [2.05, 4.69) is 10.1 Å². The van der Waals surface area contributed by atoms with Gasteiger partial charge in [-0.25, -0.2) is 12.8 Å². The second-order valence-electron chi connectivity index (χ2n) is 7.68. The molecule has 1 aromatic heterocycles. The number of sulfonamides is 1. The molecule has 0 aliphatic carbocycles. The van der Waals surface area contributed by atoms with E-state index in [4.69, 9.17) is 4.52 Å². The van der Waals surface area contributed by atoms with Crippen LogP contribution < -0.4 is 0 Å². The van der Waals surface area contributed by atoms with E-state index in [1.165, 1.54) is 35.5 Å². The van der Waals surface area contributed by atoms with Gasteiger partial charge >= 0.3 is 6.18 Å². The van der Waals surface area contributed by atoms with E-state index in [9.17, 15) is 26.0 Å². The lowest BCUT2D eigenvalue weighted by Gasteiger charge is -2.33. The molecule has 0 unspecified atom stereocenters. The van der Waals surface area contributed by atoms with Crippen LogP contribution in [0.4, 0.5) is 17.6 Å². The first-order chi connectivity index (χ1) is 15.5. The predicted molar refractivity (Wildman–Crippen MR) is 110 cm³/mol. The summed E-state index contributed by atoms with van der Waals surface area (Å²) in [5.74, 6) is -0.209. The highest BCUT2D eigenvalue weighted by molar-refractivity contribution is 7.89. The number of aryl methyl sites for hydroxylation is 1. The zero-order valence-electron chi connectivity index (χ0n) is 17.5. The maximum Gasteiger partial charge on any atom is 0.416 e. The van der Waals surface area contributed by atoms with Crippen LogP contribution in [0.25, 0.3) is 11.4 Å². The highest BCUT2D eigenvalue weighted by atomic mass is 32.2. The van der Waals surface area contributed by atoms with E-state index < -0.39 is 27.6 Å². The lowest BCUT2D eigenvalue weighted by atomic mass is 10.1. The topological polar surface area (TPSA) is 79.5 Å². The number of halogens is 4. The van der Waals surface area contributed by atoms with Gasteiger partial charge in [0, 0.05) is 31.7 Å². The van der Waals surface area contributed by atoms with Crippen LogP contribution in [-0.2, 0) is 22.7 Å². The van der Waals surface area contributed by atoms with Gasteiger partial charge in [0.05, 0.1) is 17.0 Å². The Kier molecular flexibility index (Phi) is 6.25. The molecule has 3 aromatic rings. The molecular weight excluding hydrogens is 464 g/mol. The summed E-state index contributed by atoms with van der Waals surface area (Å²) in [5.41, 5.74) is -0.368. The molecule has 4 rings (SSSR count). The molecule has 0 spiro atoms. The molecule has 1 aliphatic rings. The van der Waals surface area contributed by atoms with E-state index in [0.29, 0.717) is 13.1 Å². The van der Waals surface area contributed by atoms with Gasteiger partial charge < -0.3 is 4.52 Å². The SMILES string of the molecule is Cc1cc(S(=O)(=O)N2CCN(Cc3nc(-c4cccc(C(F)(F)F)c4)no3)CC2)ccc1F. The predicted octanol–water partition coefficient (Wildman–Crippen LogP) is 3.71. The standard InChI is InChI=1S/C21H20F4N4O3S/c1-14-11-17(5-6-18(14)22)33(30,31)29-9-7-28(8-10-29)13-19-26-20(27-32-19)15-3-2-4-16(12-15)21(23,24)25/h2-6,11-12H,7-10,13H2,1H3. The van der Waals surface area contributed by atoms with Crippen molar-refractivity contribution in [3.63, 3.8) is 0 Å². The summed E-state index contributed by atoms with van der Waals surface area (Å²) in [6, 6.07) is 8.35. The molecule has 2 heterocycles. The minimum absolute atomic E-state index is 0.0393. The summed E-state index contributed by atoms with van der Waals surface area (Å²) in [6.45, 7) is 2.95. The van der Waals surface area contributed by atoms with Gasteiger partial charge in [-0.05, 0) is 42.8 Å². The van der Waals surface area contributed by atoms with Crippen LogP contribution in [-0.4, -0.2) is 53.9 Å². The summed E-state index contributed by atoms with van der Waals surface area (Å²) in [6.07, 6.45) is -4.48. The van der Waals surface area contributed by atoms with E-state index in [1.807, 2.05) is 4.90 Å². The second-order valence-corrected chi connectivity index (χ2v) is 9.62. The van der Waals surface area contributed by atoms with Crippen LogP contribution in [0.1, 0.15) is 17.0 Å². The molecule has 2 aromatic carbocycles. The fraction of sp³-hybridized carbons (Fsp3) is 0.333. The fourth-order valence-corrected chi connectivity index (χ4v) is 5.02. The van der Waals surface area contributed by atoms with Crippen molar-refractivity contribution in [1.82, 2.24) is 19.3 Å². The Morgan fingerprint density at radius 2 is 1.79 bits per heavy atom. The third kappa shape index (κ3) is 5.07. The molecule has 1 aliphatic heterocycles. The van der Waals surface area contributed by atoms with Crippen LogP contribution in [0, 0.1) is 12.7 Å². The molecule has 0 amide bonds. The van der Waals surface area contributed by atoms with Gasteiger partial charge in [-0.3, -0.25) is 4.90 Å². The minimum Gasteiger partial charge on any atom is -0.338 e. The third-order valence-corrected chi connectivity index (χ3v) is 7.27. The zero-order valence-corrected chi connectivity index (χ0v) is 18.3. The Labute approximate surface area is 187 Å². The molecule has 0 atom stereocenters. The zero-order chi connectivity index (χ0) is 23.8. The van der Waals surface area contributed by atoms with Crippen LogP contribution >= 0.6 is 0 Å². The smallest absolute Gasteiger partial charge is 0.338 e. The number of rotatable bonds is 5. The number of benzene rings is 2. The van der Waals surface area contributed by atoms with Crippen molar-refractivity contribution in [3.05, 3.63) is 65.3 Å². The molecule has 12 heteroatoms. The monoisotopic (exact) mass is 484 g/mol. The van der Waals surface area contributed by atoms with Gasteiger partial charge in [0.15, 0.2) is 0 Å². The molecule has 0 saturated carbocycles. The van der Waals surface area contributed by atoms with Gasteiger partial charge in [0.2, 0.25) is 21.7 Å². The Balaban J connectivity index is 1.39. The van der Waals surface area contributed by atoms with Crippen molar-refractivity contribution < 1.29 is 30.5 Å². The van der Waals surface area contributed by atoms with E-state index in [-0.39, 0.29) is 47.4 Å². The van der Waals surface area contributed by atoms with Crippen molar-refractivity contribution in [1.29, 1.82) is 0 Å². The Bertz CT molecular complexity index is 1250. The Hall–Kier alpha value is -2.83. The largest absolute Gasteiger partial charge is 0.416 e. The molecular formula is C21H20F4N4O3S. The quantitative estimate of drug-likeness (QED) is 0.514. The van der Waals surface area contributed by atoms with Gasteiger partial charge in [0.1, 0.15) is 5.82 Å². The van der Waals surface area contributed by atoms with Crippen LogP contribution in [0.3, 0.4) is 0 Å². The first-order valence-corrected chi connectivity index (χ1v) is 11.5. The first-order valence-electron chi connectivity index (χ1n) is 10.0. The number of nitrogens with zero attached hydrogens (tertiary/aromatic N) is 4. The number of aromatic nitrogens is 2. The van der Waals surface area contributed by atoms with Crippen LogP contribution in [0.15, 0.2) is 51.9 Å². The highest BCUT2D eigenvalue weighted by Crippen LogP contribution is 2.31. The van der Waals surface area contributed by atoms with Gasteiger partial charge in [0.25, 0.3) is 0 Å². The lowest BCUT2D eigenvalue weighted by Crippen LogP contribution is -2.48. The van der Waals surface area contributed by atoms with Gasteiger partial charge in [-0.15, -0.1) is 0 Å². The number of hydrogen-bond acceptors (Lipinski definition) is 6. The first kappa shape index (κ1) is 23.3. The van der Waals surface area contributed by atoms with E-state index in [1.54, 1.807) is 0 Å². The minimum atomic E-state index is -4.48. The highest BCUT2D eigenvalue weighted by Gasteiger charge is 2.31. The van der Waals surface area contributed by atoms with Crippen molar-refractivity contribution >= 4 is 10.0 Å². The maximum atomic E-state index is 13.5. The van der Waals surface area contributed by atoms with Gasteiger partial charge in [-0.2, -0.15) is 22.5 Å². The molecule has 0 radical (unpaired) electrons. The van der Waals surface area contributed by atoms with E-state index in [0.717, 1.165) is 18.2 Å². The summed E-state index contributed by atoms with van der Waals surface area (Å²) in [5, 5.41) is 3.77. The van der Waals surface area contributed by atoms with E-state index >= 15 is 0 Å². The van der Waals surface area contributed by atoms with Crippen LogP contribution in [0.2, 0.25) is 0 Å². The summed E-state index contributed by atoms with van der Waals surface area (Å²) in [7, 11) is -3.75. The van der Waals surface area contributed by atoms with Crippen molar-refractivity contribution in [2.45, 2.75) is 24.5 Å². The number of piperazine rings is 1. The number of alkyl halides is 3. The van der Waals surface area contributed by atoms with Gasteiger partial charge in [-0.1, -0.05) is 17.3 Å². The average Bonchev–Trinajstić information content (AvgIpc) is 3.24. The molecule has 1 saturated heterocycles. The molecule has 7 nitrogen and oxygen atoms in total. The Morgan fingerprint density at radius 3 is 2.45 bits per heavy atom. The summed E-state index contributed by atoms with van der Waals surface area (Å²) < 4.78 is 84.4. The molecule has 0 bridgehead atoms. The molecule has 176 valence electrons. The normalized spacial score (nSPS) is 16.3. The Morgan fingerprint density at radius 1 is 1.06 bits per heavy atom. The lowest BCUT2D eigenvalue weighted by molar-refractivity contribution is -0.137. The number of hydrogen-bond donors (Lipinski definition) is 0. The maximum absolute atomic E-state index is 13.5. The summed E-state index contributed by atoms with van der Waals surface area (Å²) >= 11 is 0. The fourth-order valence-electron chi connectivity index (χ4n) is 3.52. The van der Waals surface area contributed by atoms with Crippen molar-refractivity contribution in [3.8, 4) is 11.4 Å². The van der Waals surface area contributed by atoms with Crippen LogP contribution in [0.5, 0.6) is 0 Å². The summed E-state index contributed by atoms with van der Waals surface area (Å²) in [4.78, 5) is 6.12. The average molecular weight is 484 g/mol. The molecule has 0 N–H and O–H groups in total.